The molecule has 0 unspecified atom stereocenters. The highest BCUT2D eigenvalue weighted by Crippen LogP contribution is 2.42. The molecule has 1 aliphatic rings. The molecule has 0 saturated carbocycles. The minimum Gasteiger partial charge on any atom is -0.462 e. The van der Waals surface area contributed by atoms with Gasteiger partial charge in [-0.15, -0.1) is 0 Å². The molecule has 1 atom stereocenters. The maximum atomic E-state index is 13.3. The van der Waals surface area contributed by atoms with Crippen LogP contribution < -0.4 is 4.90 Å². The molecule has 5 nitrogen and oxygen atoms in total. The highest BCUT2D eigenvalue weighted by atomic mass is 35.5. The van der Waals surface area contributed by atoms with Gasteiger partial charge in [-0.2, -0.15) is 5.26 Å². The molecule has 3 rings (SSSR count). The van der Waals surface area contributed by atoms with E-state index in [4.69, 9.17) is 16.3 Å². The summed E-state index contributed by atoms with van der Waals surface area (Å²) in [5.74, 6) is -0.907. The summed E-state index contributed by atoms with van der Waals surface area (Å²) in [6, 6.07) is 16.6. The van der Waals surface area contributed by atoms with Crippen LogP contribution in [-0.4, -0.2) is 23.7 Å². The second-order valence-corrected chi connectivity index (χ2v) is 8.09. The Balaban J connectivity index is 2.02. The minimum absolute atomic E-state index is 0.147. The predicted octanol–water partition coefficient (Wildman–Crippen LogP) is 4.64. The van der Waals surface area contributed by atoms with Crippen molar-refractivity contribution in [2.24, 2.45) is 0 Å². The number of hydrogen-bond acceptors (Lipinski definition) is 5. The third kappa shape index (κ3) is 4.64. The highest BCUT2D eigenvalue weighted by Gasteiger charge is 2.41. The average Bonchev–Trinajstić information content (AvgIpc) is 3.01. The van der Waals surface area contributed by atoms with Crippen molar-refractivity contribution in [3.05, 3.63) is 75.3 Å². The zero-order valence-electron chi connectivity index (χ0n) is 16.0. The normalized spacial score (nSPS) is 17.8. The Hall–Kier alpha value is -2.75. The molecule has 148 valence electrons. The lowest BCUT2D eigenvalue weighted by molar-refractivity contribution is -0.138. The van der Waals surface area contributed by atoms with Crippen LogP contribution >= 0.6 is 23.4 Å². The van der Waals surface area contributed by atoms with Crippen LogP contribution in [0.1, 0.15) is 18.1 Å². The standard InChI is InChI=1S/C22H19ClN2O3S/c1-3-28-22(27)18(13-24)21-25(17-10-4-14(2)5-11-17)20(26)19(29-21)12-15-6-8-16(23)9-7-15/h4-11,19H,3,12H2,1-2H3/b21-18+/t19-/m0/s1. The molecule has 0 aromatic heterocycles. The van der Waals surface area contributed by atoms with E-state index in [0.717, 1.165) is 11.1 Å². The van der Waals surface area contributed by atoms with E-state index in [1.54, 1.807) is 31.2 Å². The van der Waals surface area contributed by atoms with Gasteiger partial charge in [-0.05, 0) is 50.1 Å². The number of esters is 1. The first-order valence-corrected chi connectivity index (χ1v) is 10.3. The van der Waals surface area contributed by atoms with E-state index in [1.165, 1.54) is 16.7 Å². The topological polar surface area (TPSA) is 70.4 Å². The molecule has 0 spiro atoms. The smallest absolute Gasteiger partial charge is 0.351 e. The first kappa shape index (κ1) is 21.0. The first-order valence-electron chi connectivity index (χ1n) is 9.07. The number of thioether (sulfide) groups is 1. The van der Waals surface area contributed by atoms with Crippen LogP contribution in [0, 0.1) is 18.3 Å². The number of hydrogen-bond donors (Lipinski definition) is 0. The van der Waals surface area contributed by atoms with Crippen molar-refractivity contribution >= 4 is 40.9 Å². The van der Waals surface area contributed by atoms with Gasteiger partial charge in [0.05, 0.1) is 11.9 Å². The van der Waals surface area contributed by atoms with Crippen molar-refractivity contribution < 1.29 is 14.3 Å². The van der Waals surface area contributed by atoms with Gasteiger partial charge in [0, 0.05) is 10.7 Å². The molecular formula is C22H19ClN2O3S. The number of amides is 1. The SMILES string of the molecule is CCOC(=O)/C(C#N)=C1/S[C@@H](Cc2ccc(Cl)cc2)C(=O)N1c1ccc(C)cc1. The van der Waals surface area contributed by atoms with E-state index in [2.05, 4.69) is 0 Å². The second kappa shape index (κ2) is 9.17. The van der Waals surface area contributed by atoms with E-state index in [0.29, 0.717) is 22.2 Å². The quantitative estimate of drug-likeness (QED) is 0.395. The van der Waals surface area contributed by atoms with Gasteiger partial charge in [-0.3, -0.25) is 9.69 Å². The monoisotopic (exact) mass is 426 g/mol. The summed E-state index contributed by atoms with van der Waals surface area (Å²) >= 11 is 7.16. The van der Waals surface area contributed by atoms with Gasteiger partial charge in [-0.25, -0.2) is 4.79 Å². The van der Waals surface area contributed by atoms with Crippen LogP contribution in [0.25, 0.3) is 0 Å². The number of carbonyl (C=O) groups excluding carboxylic acids is 2. The van der Waals surface area contributed by atoms with Crippen LogP contribution in [0.2, 0.25) is 5.02 Å². The lowest BCUT2D eigenvalue weighted by Gasteiger charge is -2.18. The van der Waals surface area contributed by atoms with Gasteiger partial charge in [0.15, 0.2) is 5.57 Å². The maximum absolute atomic E-state index is 13.3. The molecule has 1 amide bonds. The number of halogens is 1. The number of aryl methyl sites for hydroxylation is 1. The number of ether oxygens (including phenoxy) is 1. The molecular weight excluding hydrogens is 408 g/mol. The number of rotatable bonds is 5. The van der Waals surface area contributed by atoms with E-state index in [9.17, 15) is 14.9 Å². The number of anilines is 1. The Bertz CT molecular complexity index is 994. The van der Waals surface area contributed by atoms with Crippen molar-refractivity contribution in [2.75, 3.05) is 11.5 Å². The Morgan fingerprint density at radius 3 is 2.45 bits per heavy atom. The Labute approximate surface area is 178 Å². The number of nitrogens with zero attached hydrogens (tertiary/aromatic N) is 2. The summed E-state index contributed by atoms with van der Waals surface area (Å²) in [7, 11) is 0. The van der Waals surface area contributed by atoms with E-state index in [1.807, 2.05) is 37.3 Å². The van der Waals surface area contributed by atoms with Gasteiger partial charge in [0.2, 0.25) is 5.91 Å². The summed E-state index contributed by atoms with van der Waals surface area (Å²) in [6.07, 6.45) is 0.452. The van der Waals surface area contributed by atoms with Crippen LogP contribution in [0.4, 0.5) is 5.69 Å². The summed E-state index contributed by atoms with van der Waals surface area (Å²) in [5, 5.41) is 10.1. The maximum Gasteiger partial charge on any atom is 0.351 e. The molecule has 1 fully saturated rings. The Morgan fingerprint density at radius 2 is 1.86 bits per heavy atom. The molecule has 29 heavy (non-hydrogen) atoms. The largest absolute Gasteiger partial charge is 0.462 e. The molecule has 0 aliphatic carbocycles. The number of benzene rings is 2. The third-order valence-corrected chi connectivity index (χ3v) is 5.90. The van der Waals surface area contributed by atoms with Gasteiger partial charge < -0.3 is 4.74 Å². The molecule has 1 saturated heterocycles. The first-order chi connectivity index (χ1) is 13.9. The van der Waals surface area contributed by atoms with Gasteiger partial charge in [-0.1, -0.05) is 53.2 Å². The molecule has 0 radical (unpaired) electrons. The fourth-order valence-electron chi connectivity index (χ4n) is 2.94. The summed E-state index contributed by atoms with van der Waals surface area (Å²) in [5.41, 5.74) is 2.44. The number of nitriles is 1. The highest BCUT2D eigenvalue weighted by molar-refractivity contribution is 8.05. The lowest BCUT2D eigenvalue weighted by Crippen LogP contribution is -2.30. The molecule has 1 aliphatic heterocycles. The van der Waals surface area contributed by atoms with Crippen molar-refractivity contribution in [3.8, 4) is 6.07 Å². The van der Waals surface area contributed by atoms with E-state index in [-0.39, 0.29) is 18.1 Å². The van der Waals surface area contributed by atoms with Crippen molar-refractivity contribution in [3.63, 3.8) is 0 Å². The fourth-order valence-corrected chi connectivity index (χ4v) is 4.36. The molecule has 2 aromatic rings. The van der Waals surface area contributed by atoms with Crippen LogP contribution in [0.15, 0.2) is 59.1 Å². The molecule has 7 heteroatoms. The van der Waals surface area contributed by atoms with Crippen molar-refractivity contribution in [1.82, 2.24) is 0 Å². The van der Waals surface area contributed by atoms with Gasteiger partial charge >= 0.3 is 5.97 Å². The van der Waals surface area contributed by atoms with Crippen LogP contribution in [-0.2, 0) is 20.7 Å². The number of carbonyl (C=O) groups is 2. The summed E-state index contributed by atoms with van der Waals surface area (Å²) < 4.78 is 5.03. The van der Waals surface area contributed by atoms with E-state index < -0.39 is 11.2 Å². The molecule has 1 heterocycles. The van der Waals surface area contributed by atoms with Crippen LogP contribution in [0.5, 0.6) is 0 Å². The van der Waals surface area contributed by atoms with Gasteiger partial charge in [0.1, 0.15) is 11.1 Å². The minimum atomic E-state index is -0.727. The Morgan fingerprint density at radius 1 is 1.21 bits per heavy atom. The lowest BCUT2D eigenvalue weighted by atomic mass is 10.1. The van der Waals surface area contributed by atoms with Gasteiger partial charge in [0.25, 0.3) is 0 Å². The van der Waals surface area contributed by atoms with E-state index >= 15 is 0 Å². The second-order valence-electron chi connectivity index (χ2n) is 6.46. The summed E-state index contributed by atoms with van der Waals surface area (Å²) in [4.78, 5) is 27.0. The van der Waals surface area contributed by atoms with Crippen molar-refractivity contribution in [1.29, 1.82) is 5.26 Å². The third-order valence-electron chi connectivity index (χ3n) is 4.38. The fraction of sp³-hybridized carbons (Fsp3) is 0.227. The molecule has 0 bridgehead atoms. The van der Waals surface area contributed by atoms with Crippen molar-refractivity contribution in [2.45, 2.75) is 25.5 Å². The van der Waals surface area contributed by atoms with Crippen LogP contribution in [0.3, 0.4) is 0 Å². The predicted molar refractivity (Wildman–Crippen MR) is 114 cm³/mol. The molecule has 2 aromatic carbocycles. The zero-order valence-corrected chi connectivity index (χ0v) is 17.6. The molecule has 0 N–H and O–H groups in total. The Kier molecular flexibility index (Phi) is 6.63. The summed E-state index contributed by atoms with van der Waals surface area (Å²) in [6.45, 7) is 3.77. The average molecular weight is 427 g/mol. The zero-order chi connectivity index (χ0) is 21.0.